The molecule has 0 saturated carbocycles. The molecular formula is C14H14OS2. The van der Waals surface area contributed by atoms with E-state index in [-0.39, 0.29) is 5.78 Å². The monoisotopic (exact) mass is 262 g/mol. The van der Waals surface area contributed by atoms with E-state index in [1.54, 1.807) is 0 Å². The fourth-order valence-corrected chi connectivity index (χ4v) is 3.07. The summed E-state index contributed by atoms with van der Waals surface area (Å²) in [6.07, 6.45) is 1.59. The summed E-state index contributed by atoms with van der Waals surface area (Å²) in [5, 5.41) is 1.95. The summed E-state index contributed by atoms with van der Waals surface area (Å²) >= 11 is 3.34. The molecule has 1 aromatic heterocycles. The molecule has 0 spiro atoms. The predicted octanol–water partition coefficient (Wildman–Crippen LogP) is 4.50. The number of carbonyl (C=O) groups is 1. The molecule has 1 heterocycles. The van der Waals surface area contributed by atoms with Crippen molar-refractivity contribution in [3.63, 3.8) is 0 Å². The average molecular weight is 262 g/mol. The van der Waals surface area contributed by atoms with E-state index in [2.05, 4.69) is 12.1 Å². The minimum absolute atomic E-state index is 0.272. The molecule has 1 nitrogen and oxygen atoms in total. The lowest BCUT2D eigenvalue weighted by molar-refractivity contribution is 0.0986. The highest BCUT2D eigenvalue weighted by Gasteiger charge is 2.05. The third kappa shape index (κ3) is 4.02. The van der Waals surface area contributed by atoms with Crippen molar-refractivity contribution in [3.05, 3.63) is 52.7 Å². The summed E-state index contributed by atoms with van der Waals surface area (Å²) in [4.78, 5) is 13.9. The minimum Gasteiger partial charge on any atom is -0.293 e. The van der Waals surface area contributed by atoms with Crippen LogP contribution in [0.5, 0.6) is 0 Å². The molecule has 0 aliphatic heterocycles. The van der Waals surface area contributed by atoms with Crippen LogP contribution in [0.25, 0.3) is 0 Å². The SMILES string of the molecule is O=C(CCCSc1ccccc1)c1cccs1. The lowest BCUT2D eigenvalue weighted by Gasteiger charge is -2.00. The van der Waals surface area contributed by atoms with E-state index in [0.29, 0.717) is 6.42 Å². The maximum absolute atomic E-state index is 11.7. The van der Waals surface area contributed by atoms with Gasteiger partial charge in [-0.2, -0.15) is 0 Å². The minimum atomic E-state index is 0.272. The van der Waals surface area contributed by atoms with Crippen molar-refractivity contribution in [1.29, 1.82) is 0 Å². The van der Waals surface area contributed by atoms with Crippen molar-refractivity contribution in [2.75, 3.05) is 5.75 Å². The van der Waals surface area contributed by atoms with Crippen molar-refractivity contribution >= 4 is 28.9 Å². The summed E-state index contributed by atoms with van der Waals surface area (Å²) in [5.41, 5.74) is 0. The first-order chi connectivity index (χ1) is 8.36. The van der Waals surface area contributed by atoms with E-state index in [9.17, 15) is 4.79 Å². The van der Waals surface area contributed by atoms with Gasteiger partial charge in [0.25, 0.3) is 0 Å². The van der Waals surface area contributed by atoms with Gasteiger partial charge in [-0.25, -0.2) is 0 Å². The normalized spacial score (nSPS) is 10.4. The van der Waals surface area contributed by atoms with Gasteiger partial charge in [0.05, 0.1) is 4.88 Å². The highest BCUT2D eigenvalue weighted by atomic mass is 32.2. The number of thiophene rings is 1. The van der Waals surface area contributed by atoms with Crippen LogP contribution in [0.2, 0.25) is 0 Å². The first kappa shape index (κ1) is 12.4. The Bertz CT molecular complexity index is 448. The van der Waals surface area contributed by atoms with Crippen molar-refractivity contribution in [1.82, 2.24) is 0 Å². The molecule has 17 heavy (non-hydrogen) atoms. The lowest BCUT2D eigenvalue weighted by atomic mass is 10.2. The number of hydrogen-bond acceptors (Lipinski definition) is 3. The van der Waals surface area contributed by atoms with Gasteiger partial charge in [0, 0.05) is 11.3 Å². The zero-order valence-electron chi connectivity index (χ0n) is 9.46. The zero-order valence-corrected chi connectivity index (χ0v) is 11.1. The Labute approximate surface area is 110 Å². The molecule has 0 unspecified atom stereocenters. The van der Waals surface area contributed by atoms with Gasteiger partial charge < -0.3 is 0 Å². The molecule has 2 aromatic rings. The molecule has 0 fully saturated rings. The van der Waals surface area contributed by atoms with Crippen molar-refractivity contribution < 1.29 is 4.79 Å². The molecule has 0 bridgehead atoms. The Hall–Kier alpha value is -1.06. The standard InChI is InChI=1S/C14H14OS2/c15-13(14-9-5-11-17-14)8-4-10-16-12-6-2-1-3-7-12/h1-3,5-7,9,11H,4,8,10H2. The number of rotatable bonds is 6. The van der Waals surface area contributed by atoms with E-state index in [1.807, 2.05) is 47.5 Å². The van der Waals surface area contributed by atoms with E-state index in [4.69, 9.17) is 0 Å². The molecule has 0 amide bonds. The summed E-state index contributed by atoms with van der Waals surface area (Å²) in [7, 11) is 0. The van der Waals surface area contributed by atoms with Gasteiger partial charge >= 0.3 is 0 Å². The van der Waals surface area contributed by atoms with Gasteiger partial charge in [-0.1, -0.05) is 24.3 Å². The molecule has 3 heteroatoms. The van der Waals surface area contributed by atoms with Crippen LogP contribution in [0, 0.1) is 0 Å². The smallest absolute Gasteiger partial charge is 0.172 e. The molecule has 0 atom stereocenters. The topological polar surface area (TPSA) is 17.1 Å². The van der Waals surface area contributed by atoms with Crippen LogP contribution in [-0.4, -0.2) is 11.5 Å². The quantitative estimate of drug-likeness (QED) is 0.433. The van der Waals surface area contributed by atoms with Gasteiger partial charge in [-0.3, -0.25) is 4.79 Å². The molecule has 0 aliphatic carbocycles. The second kappa shape index (κ2) is 6.62. The highest BCUT2D eigenvalue weighted by molar-refractivity contribution is 7.99. The summed E-state index contributed by atoms with van der Waals surface area (Å²) in [6, 6.07) is 14.1. The molecule has 0 saturated heterocycles. The van der Waals surface area contributed by atoms with Crippen LogP contribution >= 0.6 is 23.1 Å². The Morgan fingerprint density at radius 2 is 1.94 bits per heavy atom. The van der Waals surface area contributed by atoms with E-state index in [0.717, 1.165) is 17.1 Å². The summed E-state index contributed by atoms with van der Waals surface area (Å²) in [6.45, 7) is 0. The second-order valence-corrected chi connectivity index (χ2v) is 5.78. The fraction of sp³-hybridized carbons (Fsp3) is 0.214. The first-order valence-corrected chi connectivity index (χ1v) is 7.47. The Morgan fingerprint density at radius 3 is 2.65 bits per heavy atom. The maximum atomic E-state index is 11.7. The third-order valence-electron chi connectivity index (χ3n) is 2.36. The van der Waals surface area contributed by atoms with Gasteiger partial charge in [0.2, 0.25) is 0 Å². The first-order valence-electron chi connectivity index (χ1n) is 5.61. The fourth-order valence-electron chi connectivity index (χ4n) is 1.50. The molecule has 2 rings (SSSR count). The zero-order chi connectivity index (χ0) is 11.9. The number of benzene rings is 1. The molecular weight excluding hydrogens is 248 g/mol. The Balaban J connectivity index is 1.69. The van der Waals surface area contributed by atoms with Crippen LogP contribution in [0.4, 0.5) is 0 Å². The van der Waals surface area contributed by atoms with Gasteiger partial charge in [-0.15, -0.1) is 23.1 Å². The molecule has 0 radical (unpaired) electrons. The summed E-state index contributed by atoms with van der Waals surface area (Å²) < 4.78 is 0. The van der Waals surface area contributed by atoms with Gasteiger partial charge in [0.15, 0.2) is 5.78 Å². The number of ketones is 1. The van der Waals surface area contributed by atoms with Crippen molar-refractivity contribution in [2.45, 2.75) is 17.7 Å². The van der Waals surface area contributed by atoms with Crippen LogP contribution in [-0.2, 0) is 0 Å². The average Bonchev–Trinajstić information content (AvgIpc) is 2.89. The third-order valence-corrected chi connectivity index (χ3v) is 4.37. The second-order valence-electron chi connectivity index (χ2n) is 3.67. The Morgan fingerprint density at radius 1 is 1.12 bits per heavy atom. The van der Waals surface area contributed by atoms with E-state index >= 15 is 0 Å². The highest BCUT2D eigenvalue weighted by Crippen LogP contribution is 2.19. The Kier molecular flexibility index (Phi) is 4.83. The van der Waals surface area contributed by atoms with Crippen molar-refractivity contribution in [2.24, 2.45) is 0 Å². The van der Waals surface area contributed by atoms with Gasteiger partial charge in [0.1, 0.15) is 0 Å². The molecule has 0 N–H and O–H groups in total. The van der Waals surface area contributed by atoms with E-state index in [1.165, 1.54) is 16.2 Å². The van der Waals surface area contributed by atoms with Crippen molar-refractivity contribution in [3.8, 4) is 0 Å². The predicted molar refractivity (Wildman–Crippen MR) is 75.0 cm³/mol. The number of thioether (sulfide) groups is 1. The van der Waals surface area contributed by atoms with Crippen LogP contribution in [0.1, 0.15) is 22.5 Å². The van der Waals surface area contributed by atoms with Crippen LogP contribution < -0.4 is 0 Å². The maximum Gasteiger partial charge on any atom is 0.172 e. The van der Waals surface area contributed by atoms with E-state index < -0.39 is 0 Å². The lowest BCUT2D eigenvalue weighted by Crippen LogP contribution is -1.96. The molecule has 1 aromatic carbocycles. The number of hydrogen-bond donors (Lipinski definition) is 0. The number of carbonyl (C=O) groups excluding carboxylic acids is 1. The van der Waals surface area contributed by atoms with Gasteiger partial charge in [-0.05, 0) is 35.8 Å². The molecule has 0 aliphatic rings. The number of Topliss-reactive ketones (excluding diaryl/α,β-unsaturated/α-hetero) is 1. The van der Waals surface area contributed by atoms with Crippen LogP contribution in [0.15, 0.2) is 52.7 Å². The van der Waals surface area contributed by atoms with Crippen LogP contribution in [0.3, 0.4) is 0 Å². The molecule has 88 valence electrons. The summed E-state index contributed by atoms with van der Waals surface area (Å²) in [5.74, 6) is 1.27. The largest absolute Gasteiger partial charge is 0.293 e.